The van der Waals surface area contributed by atoms with Gasteiger partial charge in [0.1, 0.15) is 30.5 Å². The molecule has 2 heterocycles. The number of nitrogens with zero attached hydrogens (tertiary/aromatic N) is 5. The summed E-state index contributed by atoms with van der Waals surface area (Å²) in [7, 11) is 1.19. The number of carbonyl (C=O) groups is 6. The molecule has 2 aliphatic carbocycles. The molecule has 490 valence electrons. The number of nitrogens with one attached hydrogen (secondary N) is 1. The first-order valence-corrected chi connectivity index (χ1v) is 31.9. The van der Waals surface area contributed by atoms with Gasteiger partial charge >= 0.3 is 18.4 Å². The molecule has 91 heavy (non-hydrogen) atoms. The molecule has 0 spiro atoms. The average Bonchev–Trinajstić information content (AvgIpc) is 0.767. The van der Waals surface area contributed by atoms with Gasteiger partial charge in [0.05, 0.1) is 29.6 Å². The molecule has 5 aromatic rings. The fourth-order valence-electron chi connectivity index (χ4n) is 12.6. The second kappa shape index (κ2) is 30.2. The van der Waals surface area contributed by atoms with Gasteiger partial charge in [-0.1, -0.05) is 118 Å². The molecule has 0 radical (unpaired) electrons. The number of methoxy groups -OCH3 is 1. The molecule has 0 bridgehead atoms. The van der Waals surface area contributed by atoms with Gasteiger partial charge in [0.2, 0.25) is 5.60 Å². The Labute approximate surface area is 533 Å². The highest BCUT2D eigenvalue weighted by Crippen LogP contribution is 2.46. The van der Waals surface area contributed by atoms with E-state index in [0.29, 0.717) is 48.6 Å². The monoisotopic (exact) mass is 1260 g/mol. The molecule has 2 unspecified atom stereocenters. The minimum atomic E-state index is -4.88. The zero-order chi connectivity index (χ0) is 65.8. The van der Waals surface area contributed by atoms with Crippen LogP contribution in [0.2, 0.25) is 0 Å². The maximum Gasteiger partial charge on any atom is 0.417 e. The predicted octanol–water partition coefficient (Wildman–Crippen LogP) is 14.0. The van der Waals surface area contributed by atoms with Gasteiger partial charge in [-0.15, -0.1) is 0 Å². The van der Waals surface area contributed by atoms with Gasteiger partial charge in [0.25, 0.3) is 23.6 Å². The topological polar surface area (TPSA) is 177 Å². The van der Waals surface area contributed by atoms with E-state index in [-0.39, 0.29) is 86.8 Å². The Morgan fingerprint density at radius 3 is 1.75 bits per heavy atom. The van der Waals surface area contributed by atoms with Crippen molar-refractivity contribution in [1.82, 2.24) is 20.0 Å². The maximum absolute atomic E-state index is 14.6. The molecule has 9 rings (SSSR count). The van der Waals surface area contributed by atoms with E-state index in [2.05, 4.69) is 23.9 Å². The summed E-state index contributed by atoms with van der Waals surface area (Å²) in [5.74, 6) is -0.762. The number of aryl methyl sites for hydroxylation is 2. The summed E-state index contributed by atoms with van der Waals surface area (Å²) >= 11 is 0. The minimum absolute atomic E-state index is 0.00148. The molecule has 2 aliphatic heterocycles. The van der Waals surface area contributed by atoms with Crippen molar-refractivity contribution in [3.63, 3.8) is 0 Å². The van der Waals surface area contributed by atoms with Crippen LogP contribution in [0.5, 0.6) is 17.2 Å². The van der Waals surface area contributed by atoms with Crippen molar-refractivity contribution >= 4 is 47.2 Å². The van der Waals surface area contributed by atoms with Gasteiger partial charge in [-0.05, 0) is 146 Å². The Bertz CT molecular complexity index is 3350. The molecule has 0 saturated heterocycles. The number of rotatable bonds is 20. The van der Waals surface area contributed by atoms with Crippen LogP contribution < -0.4 is 29.3 Å². The van der Waals surface area contributed by atoms with Crippen molar-refractivity contribution in [1.29, 1.82) is 0 Å². The molecular weight excluding hydrogens is 1170 g/mol. The number of anilines is 2. The summed E-state index contributed by atoms with van der Waals surface area (Å²) in [4.78, 5) is 89.6. The standard InChI is InChI=1S/C39H49N3O5.C32H40F3N3O6/c1-6-39(5)37(44)41(23-22-40(26-30-16-10-7-11-17-30)38(45)46-27-31-18-12-8-13-19-31)34-25-33(29(4)24-35(34)47-39)36(43)42(28(2)3)32-20-14-9-15-21-32;1-20(2)38(22-11-7-6-8-12-22)28(39)24-17-26-27(18-25(24)32(33,34)35)44-31(4,19-43-23-13-9-10-21(3)16-23)29(40)37(26)15-14-36-30(41)42-5/h7-8,10-13,16-19,24-25,28,32H,6,9,14-15,20-23,26-27H2,1-5H3;9-10,13,16-18,20,22H,6-8,11-12,14-15,19H2,1-5H3,(H,36,41). The third kappa shape index (κ3) is 16.6. The van der Waals surface area contributed by atoms with Gasteiger partial charge in [-0.3, -0.25) is 19.2 Å². The van der Waals surface area contributed by atoms with E-state index in [4.69, 9.17) is 18.9 Å². The van der Waals surface area contributed by atoms with Gasteiger partial charge in [0, 0.05) is 62.5 Å². The largest absolute Gasteiger partial charge is 0.489 e. The smallest absolute Gasteiger partial charge is 0.417 e. The van der Waals surface area contributed by atoms with E-state index >= 15 is 0 Å². The fourth-order valence-corrected chi connectivity index (χ4v) is 12.6. The van der Waals surface area contributed by atoms with E-state index in [1.165, 1.54) is 30.3 Å². The Hall–Kier alpha value is -8.29. The number of hydrogen-bond donors (Lipinski definition) is 1. The van der Waals surface area contributed by atoms with E-state index in [0.717, 1.165) is 79.3 Å². The predicted molar refractivity (Wildman–Crippen MR) is 343 cm³/mol. The molecule has 2 saturated carbocycles. The summed E-state index contributed by atoms with van der Waals surface area (Å²) in [6.07, 6.45) is 4.09. The zero-order valence-electron chi connectivity index (χ0n) is 54.3. The maximum atomic E-state index is 14.6. The summed E-state index contributed by atoms with van der Waals surface area (Å²) in [6.45, 7) is 17.1. The van der Waals surface area contributed by atoms with Crippen LogP contribution >= 0.6 is 0 Å². The first-order valence-electron chi connectivity index (χ1n) is 31.9. The number of hydrogen-bond acceptors (Lipinski definition) is 11. The third-order valence-corrected chi connectivity index (χ3v) is 17.6. The molecule has 1 N–H and O–H groups in total. The summed E-state index contributed by atoms with van der Waals surface area (Å²) < 4.78 is 72.4. The quantitative estimate of drug-likeness (QED) is 0.0784. The number of ether oxygens (including phenoxy) is 5. The van der Waals surface area contributed by atoms with Crippen LogP contribution in [-0.2, 0) is 38.4 Å². The second-order valence-electron chi connectivity index (χ2n) is 25.1. The van der Waals surface area contributed by atoms with E-state index in [1.54, 1.807) is 48.8 Å². The highest BCUT2D eigenvalue weighted by molar-refractivity contribution is 6.06. The van der Waals surface area contributed by atoms with E-state index in [1.807, 2.05) is 105 Å². The molecule has 2 atom stereocenters. The highest BCUT2D eigenvalue weighted by atomic mass is 19.4. The Kier molecular flexibility index (Phi) is 22.8. The van der Waals surface area contributed by atoms with Gasteiger partial charge < -0.3 is 53.5 Å². The lowest BCUT2D eigenvalue weighted by Gasteiger charge is -2.42. The number of alkyl halides is 3. The number of fused-ring (bicyclic) bond motifs is 2. The number of amides is 6. The Morgan fingerprint density at radius 1 is 0.670 bits per heavy atom. The van der Waals surface area contributed by atoms with Crippen molar-refractivity contribution < 1.29 is 65.6 Å². The molecule has 17 nitrogen and oxygen atoms in total. The molecule has 2 fully saturated rings. The lowest BCUT2D eigenvalue weighted by molar-refractivity contribution is -0.139. The summed E-state index contributed by atoms with van der Waals surface area (Å²) in [6, 6.07) is 31.7. The van der Waals surface area contributed by atoms with Crippen molar-refractivity contribution in [3.8, 4) is 17.2 Å². The van der Waals surface area contributed by atoms with Gasteiger partial charge in [-0.25, -0.2) is 9.59 Å². The Balaban J connectivity index is 0.000000235. The number of benzene rings is 5. The van der Waals surface area contributed by atoms with E-state index < -0.39 is 52.5 Å². The molecule has 0 aromatic heterocycles. The average molecular weight is 1260 g/mol. The van der Waals surface area contributed by atoms with Crippen molar-refractivity contribution in [2.75, 3.05) is 49.7 Å². The highest BCUT2D eigenvalue weighted by Gasteiger charge is 2.49. The van der Waals surface area contributed by atoms with Crippen molar-refractivity contribution in [2.45, 2.75) is 188 Å². The zero-order valence-corrected chi connectivity index (χ0v) is 54.3. The van der Waals surface area contributed by atoms with Crippen LogP contribution in [0.4, 0.5) is 34.1 Å². The first-order chi connectivity index (χ1) is 43.4. The second-order valence-corrected chi connectivity index (χ2v) is 25.1. The normalized spacial score (nSPS) is 18.4. The van der Waals surface area contributed by atoms with Crippen LogP contribution in [0.1, 0.15) is 168 Å². The summed E-state index contributed by atoms with van der Waals surface area (Å²) in [5.41, 5.74) is 0.217. The molecule has 4 aliphatic rings. The minimum Gasteiger partial charge on any atom is -0.489 e. The van der Waals surface area contributed by atoms with Gasteiger partial charge in [0.15, 0.2) is 5.60 Å². The molecule has 20 heteroatoms. The third-order valence-electron chi connectivity index (χ3n) is 17.6. The van der Waals surface area contributed by atoms with Crippen molar-refractivity contribution in [3.05, 3.63) is 148 Å². The van der Waals surface area contributed by atoms with Crippen LogP contribution in [0.15, 0.2) is 109 Å². The molecular formula is C71H89F3N6O11. The van der Waals surface area contributed by atoms with Crippen LogP contribution in [0, 0.1) is 13.8 Å². The number of carbonyl (C=O) groups excluding carboxylic acids is 6. The summed E-state index contributed by atoms with van der Waals surface area (Å²) in [5, 5.41) is 2.49. The lowest BCUT2D eigenvalue weighted by atomic mass is 9.92. The van der Waals surface area contributed by atoms with Gasteiger partial charge in [-0.2, -0.15) is 13.2 Å². The van der Waals surface area contributed by atoms with E-state index in [9.17, 15) is 41.9 Å². The SMILES string of the molecule is CCC1(C)Oc2cc(C)c(C(=O)N(C(C)C)C3CCCCC3)cc2N(CCN(Cc2ccccc2)C(=O)OCc2ccccc2)C1=O.COC(=O)NCCN1C(=O)C(C)(COc2cccc(C)c2)Oc2cc(C(F)(F)F)c(C(=O)N(C(C)C)C3CCCCC3)cc21. The van der Waals surface area contributed by atoms with Crippen LogP contribution in [-0.4, -0.2) is 126 Å². The first kappa shape index (κ1) is 68.6. The van der Waals surface area contributed by atoms with Crippen LogP contribution in [0.3, 0.4) is 0 Å². The van der Waals surface area contributed by atoms with Crippen LogP contribution in [0.25, 0.3) is 0 Å². The number of halogens is 3. The molecule has 5 aromatic carbocycles. The van der Waals surface area contributed by atoms with Crippen molar-refractivity contribution in [2.24, 2.45) is 0 Å². The Morgan fingerprint density at radius 2 is 1.20 bits per heavy atom. The fraction of sp³-hybridized carbons (Fsp3) is 0.493. The molecule has 6 amide bonds. The lowest BCUT2D eigenvalue weighted by Crippen LogP contribution is -2.58. The number of alkyl carbamates (subject to hydrolysis) is 1.